The summed E-state index contributed by atoms with van der Waals surface area (Å²) in [6, 6.07) is 4.49. The second-order valence-electron chi connectivity index (χ2n) is 4.77. The largest absolute Gasteiger partial charge is 0.379 e. The first-order chi connectivity index (χ1) is 7.85. The Morgan fingerprint density at radius 2 is 2.12 bits per heavy atom. The van der Waals surface area contributed by atoms with Crippen LogP contribution in [-0.4, -0.2) is 12.7 Å². The molecule has 17 heavy (non-hydrogen) atoms. The van der Waals surface area contributed by atoms with E-state index in [4.69, 9.17) is 10.5 Å². The molecule has 0 heterocycles. The van der Waals surface area contributed by atoms with Crippen molar-refractivity contribution in [2.75, 3.05) is 7.11 Å². The first kappa shape index (κ1) is 14.6. The second kappa shape index (κ2) is 5.94. The van der Waals surface area contributed by atoms with Gasteiger partial charge in [0.15, 0.2) is 0 Å². The van der Waals surface area contributed by atoms with Crippen molar-refractivity contribution in [1.82, 2.24) is 0 Å². The first-order valence-electron chi connectivity index (χ1n) is 5.61. The average Bonchev–Trinajstić information content (AvgIpc) is 2.26. The summed E-state index contributed by atoms with van der Waals surface area (Å²) in [6.45, 7) is 4.05. The van der Waals surface area contributed by atoms with E-state index in [-0.39, 0.29) is 17.5 Å². The molecule has 1 aromatic carbocycles. The molecule has 0 amide bonds. The lowest BCUT2D eigenvalue weighted by molar-refractivity contribution is 0.0125. The summed E-state index contributed by atoms with van der Waals surface area (Å²) in [5, 5.41) is 0. The lowest BCUT2D eigenvalue weighted by Gasteiger charge is -2.25. The Bertz CT molecular complexity index is 382. The van der Waals surface area contributed by atoms with Gasteiger partial charge < -0.3 is 10.5 Å². The molecule has 2 N–H and O–H groups in total. The van der Waals surface area contributed by atoms with E-state index < -0.39 is 0 Å². The molecular formula is C13H19BrFNO. The predicted molar refractivity (Wildman–Crippen MR) is 71.4 cm³/mol. The fourth-order valence-corrected chi connectivity index (χ4v) is 2.21. The Hall–Kier alpha value is -0.450. The molecule has 0 aliphatic heterocycles. The van der Waals surface area contributed by atoms with Gasteiger partial charge in [0.1, 0.15) is 5.82 Å². The van der Waals surface area contributed by atoms with Crippen molar-refractivity contribution in [2.24, 2.45) is 5.73 Å². The Balaban J connectivity index is 2.67. The molecule has 0 saturated carbocycles. The number of benzene rings is 1. The molecule has 1 atom stereocenters. The Kier molecular flexibility index (Phi) is 5.10. The maximum Gasteiger partial charge on any atom is 0.124 e. The molecule has 0 saturated heterocycles. The van der Waals surface area contributed by atoms with Gasteiger partial charge in [-0.1, -0.05) is 22.0 Å². The lowest BCUT2D eigenvalue weighted by Crippen LogP contribution is -2.24. The highest BCUT2D eigenvalue weighted by Gasteiger charge is 2.19. The molecule has 96 valence electrons. The maximum atomic E-state index is 12.9. The number of hydrogen-bond acceptors (Lipinski definition) is 2. The molecular weight excluding hydrogens is 285 g/mol. The van der Waals surface area contributed by atoms with Gasteiger partial charge in [0, 0.05) is 17.6 Å². The van der Waals surface area contributed by atoms with Crippen molar-refractivity contribution in [1.29, 1.82) is 0 Å². The summed E-state index contributed by atoms with van der Waals surface area (Å²) < 4.78 is 19.0. The van der Waals surface area contributed by atoms with Crippen LogP contribution in [0.1, 0.15) is 38.3 Å². The molecule has 0 aliphatic carbocycles. The third kappa shape index (κ3) is 4.37. The Labute approximate surface area is 110 Å². The highest BCUT2D eigenvalue weighted by atomic mass is 79.9. The van der Waals surface area contributed by atoms with Crippen LogP contribution in [0.2, 0.25) is 0 Å². The first-order valence-corrected chi connectivity index (χ1v) is 6.41. The molecule has 4 heteroatoms. The smallest absolute Gasteiger partial charge is 0.124 e. The van der Waals surface area contributed by atoms with E-state index >= 15 is 0 Å². The van der Waals surface area contributed by atoms with E-state index in [0.717, 1.165) is 22.9 Å². The van der Waals surface area contributed by atoms with Crippen molar-refractivity contribution < 1.29 is 9.13 Å². The summed E-state index contributed by atoms with van der Waals surface area (Å²) >= 11 is 3.33. The van der Waals surface area contributed by atoms with Crippen molar-refractivity contribution in [3.63, 3.8) is 0 Å². The van der Waals surface area contributed by atoms with E-state index in [1.54, 1.807) is 13.2 Å². The zero-order valence-corrected chi connectivity index (χ0v) is 12.1. The van der Waals surface area contributed by atoms with Gasteiger partial charge in [-0.25, -0.2) is 4.39 Å². The molecule has 0 aromatic heterocycles. The fraction of sp³-hybridized carbons (Fsp3) is 0.538. The monoisotopic (exact) mass is 303 g/mol. The third-order valence-corrected chi connectivity index (χ3v) is 3.66. The summed E-state index contributed by atoms with van der Waals surface area (Å²) in [5.41, 5.74) is 6.85. The number of ether oxygens (including phenoxy) is 1. The van der Waals surface area contributed by atoms with Gasteiger partial charge in [0.05, 0.1) is 5.60 Å². The van der Waals surface area contributed by atoms with Gasteiger partial charge >= 0.3 is 0 Å². The molecule has 1 unspecified atom stereocenters. The highest BCUT2D eigenvalue weighted by molar-refractivity contribution is 9.10. The molecule has 0 radical (unpaired) electrons. The average molecular weight is 304 g/mol. The topological polar surface area (TPSA) is 35.2 Å². The molecule has 0 spiro atoms. The van der Waals surface area contributed by atoms with Crippen LogP contribution in [0.4, 0.5) is 4.39 Å². The minimum absolute atomic E-state index is 0.112. The molecule has 0 aliphatic rings. The standard InChI is InChI=1S/C13H19BrFNO/c1-13(2,17-3)7-6-12(16)10-5-4-9(15)8-11(10)14/h4-5,8,12H,6-7,16H2,1-3H3. The predicted octanol–water partition coefficient (Wildman–Crippen LogP) is 3.79. The minimum atomic E-state index is -0.259. The summed E-state index contributed by atoms with van der Waals surface area (Å²) in [4.78, 5) is 0. The zero-order valence-electron chi connectivity index (χ0n) is 10.5. The van der Waals surface area contributed by atoms with Gasteiger partial charge in [-0.3, -0.25) is 0 Å². The van der Waals surface area contributed by atoms with E-state index in [9.17, 15) is 4.39 Å². The second-order valence-corrected chi connectivity index (χ2v) is 5.63. The van der Waals surface area contributed by atoms with Gasteiger partial charge in [-0.05, 0) is 44.4 Å². The van der Waals surface area contributed by atoms with Gasteiger partial charge in [0.25, 0.3) is 0 Å². The quantitative estimate of drug-likeness (QED) is 0.898. The van der Waals surface area contributed by atoms with E-state index in [1.165, 1.54) is 12.1 Å². The van der Waals surface area contributed by atoms with Crippen LogP contribution in [-0.2, 0) is 4.74 Å². The minimum Gasteiger partial charge on any atom is -0.379 e. The van der Waals surface area contributed by atoms with Gasteiger partial charge in [-0.2, -0.15) is 0 Å². The van der Waals surface area contributed by atoms with E-state index in [1.807, 2.05) is 13.8 Å². The highest BCUT2D eigenvalue weighted by Crippen LogP contribution is 2.28. The van der Waals surface area contributed by atoms with Crippen molar-refractivity contribution >= 4 is 15.9 Å². The normalized spacial score (nSPS) is 13.8. The lowest BCUT2D eigenvalue weighted by atomic mass is 9.95. The summed E-state index contributed by atoms with van der Waals surface area (Å²) in [5.74, 6) is -0.259. The van der Waals surface area contributed by atoms with Crippen LogP contribution in [0, 0.1) is 5.82 Å². The van der Waals surface area contributed by atoms with Crippen molar-refractivity contribution in [2.45, 2.75) is 38.3 Å². The molecule has 2 nitrogen and oxygen atoms in total. The maximum absolute atomic E-state index is 12.9. The van der Waals surface area contributed by atoms with Crippen LogP contribution in [0.25, 0.3) is 0 Å². The molecule has 1 aromatic rings. The van der Waals surface area contributed by atoms with Gasteiger partial charge in [-0.15, -0.1) is 0 Å². The fourth-order valence-electron chi connectivity index (χ4n) is 1.56. The summed E-state index contributed by atoms with van der Waals surface area (Å²) in [6.07, 6.45) is 1.65. The molecule has 0 bridgehead atoms. The number of methoxy groups -OCH3 is 1. The number of nitrogens with two attached hydrogens (primary N) is 1. The van der Waals surface area contributed by atoms with Crippen LogP contribution in [0.3, 0.4) is 0 Å². The zero-order chi connectivity index (χ0) is 13.1. The van der Waals surface area contributed by atoms with Crippen LogP contribution < -0.4 is 5.73 Å². The number of hydrogen-bond donors (Lipinski definition) is 1. The molecule has 1 rings (SSSR count). The number of rotatable bonds is 5. The third-order valence-electron chi connectivity index (χ3n) is 2.97. The van der Waals surface area contributed by atoms with Crippen molar-refractivity contribution in [3.8, 4) is 0 Å². The Morgan fingerprint density at radius 1 is 1.47 bits per heavy atom. The Morgan fingerprint density at radius 3 is 2.65 bits per heavy atom. The van der Waals surface area contributed by atoms with Gasteiger partial charge in [0.2, 0.25) is 0 Å². The SMILES string of the molecule is COC(C)(C)CCC(N)c1ccc(F)cc1Br. The van der Waals surface area contributed by atoms with Crippen LogP contribution >= 0.6 is 15.9 Å². The molecule has 0 fully saturated rings. The van der Waals surface area contributed by atoms with Crippen molar-refractivity contribution in [3.05, 3.63) is 34.1 Å². The van der Waals surface area contributed by atoms with E-state index in [2.05, 4.69) is 15.9 Å². The number of halogens is 2. The van der Waals surface area contributed by atoms with Crippen LogP contribution in [0.5, 0.6) is 0 Å². The van der Waals surface area contributed by atoms with E-state index in [0.29, 0.717) is 0 Å². The summed E-state index contributed by atoms with van der Waals surface area (Å²) in [7, 11) is 1.69. The van der Waals surface area contributed by atoms with Crippen LogP contribution in [0.15, 0.2) is 22.7 Å².